The second kappa shape index (κ2) is 6.39. The first-order valence-electron chi connectivity index (χ1n) is 8.83. The SMILES string of the molecule is CC(C)(C)c1ccc(-n2nc(Nc3ccn[nH]3)c3ccccc3c2=O)cc1. The summed E-state index contributed by atoms with van der Waals surface area (Å²) in [6.45, 7) is 6.48. The lowest BCUT2D eigenvalue weighted by Gasteiger charge is -2.19. The van der Waals surface area contributed by atoms with Crippen LogP contribution in [-0.4, -0.2) is 20.0 Å². The normalized spacial score (nSPS) is 11.7. The zero-order chi connectivity index (χ0) is 19.0. The lowest BCUT2D eigenvalue weighted by molar-refractivity contribution is 0.590. The molecule has 0 amide bonds. The van der Waals surface area contributed by atoms with Crippen LogP contribution in [-0.2, 0) is 5.41 Å². The van der Waals surface area contributed by atoms with Gasteiger partial charge in [-0.2, -0.15) is 9.78 Å². The average molecular weight is 359 g/mol. The number of nitrogens with one attached hydrogen (secondary N) is 2. The minimum Gasteiger partial charge on any atom is -0.323 e. The van der Waals surface area contributed by atoms with Crippen molar-refractivity contribution in [3.8, 4) is 5.69 Å². The molecule has 0 aliphatic rings. The summed E-state index contributed by atoms with van der Waals surface area (Å²) in [7, 11) is 0. The maximum atomic E-state index is 13.0. The maximum Gasteiger partial charge on any atom is 0.279 e. The van der Waals surface area contributed by atoms with Crippen molar-refractivity contribution in [3.05, 3.63) is 76.7 Å². The molecule has 0 aliphatic heterocycles. The zero-order valence-electron chi connectivity index (χ0n) is 15.5. The summed E-state index contributed by atoms with van der Waals surface area (Å²) in [6.07, 6.45) is 1.66. The molecule has 4 aromatic rings. The Morgan fingerprint density at radius 2 is 1.67 bits per heavy atom. The first-order chi connectivity index (χ1) is 12.9. The van der Waals surface area contributed by atoms with Crippen molar-refractivity contribution in [2.45, 2.75) is 26.2 Å². The van der Waals surface area contributed by atoms with Gasteiger partial charge in [-0.05, 0) is 29.2 Å². The number of H-pyrrole nitrogens is 1. The van der Waals surface area contributed by atoms with Gasteiger partial charge < -0.3 is 5.32 Å². The Labute approximate surface area is 156 Å². The molecule has 0 saturated carbocycles. The van der Waals surface area contributed by atoms with E-state index in [-0.39, 0.29) is 11.0 Å². The predicted molar refractivity (Wildman–Crippen MR) is 108 cm³/mol. The summed E-state index contributed by atoms with van der Waals surface area (Å²) in [5, 5.41) is 16.0. The molecule has 2 N–H and O–H groups in total. The Bertz CT molecular complexity index is 1140. The Hall–Kier alpha value is -3.41. The highest BCUT2D eigenvalue weighted by atomic mass is 16.1. The van der Waals surface area contributed by atoms with Gasteiger partial charge in [0.2, 0.25) is 0 Å². The van der Waals surface area contributed by atoms with E-state index in [4.69, 9.17) is 0 Å². The quantitative estimate of drug-likeness (QED) is 0.576. The number of aromatic nitrogens is 4. The van der Waals surface area contributed by atoms with Crippen molar-refractivity contribution in [2.24, 2.45) is 0 Å². The third-order valence-corrected chi connectivity index (χ3v) is 4.54. The number of aromatic amines is 1. The van der Waals surface area contributed by atoms with Gasteiger partial charge in [-0.25, -0.2) is 0 Å². The molecule has 0 saturated heterocycles. The molecule has 136 valence electrons. The van der Waals surface area contributed by atoms with Crippen LogP contribution in [0.4, 0.5) is 11.6 Å². The monoisotopic (exact) mass is 359 g/mol. The molecule has 0 bridgehead atoms. The summed E-state index contributed by atoms with van der Waals surface area (Å²) in [6, 6.07) is 17.2. The third-order valence-electron chi connectivity index (χ3n) is 4.54. The van der Waals surface area contributed by atoms with Crippen molar-refractivity contribution >= 4 is 22.4 Å². The molecule has 0 atom stereocenters. The van der Waals surface area contributed by atoms with Crippen LogP contribution in [0, 0.1) is 0 Å². The van der Waals surface area contributed by atoms with Gasteiger partial charge in [0.05, 0.1) is 17.3 Å². The topological polar surface area (TPSA) is 75.6 Å². The van der Waals surface area contributed by atoms with Crippen LogP contribution in [0.2, 0.25) is 0 Å². The molecule has 2 aromatic carbocycles. The Morgan fingerprint density at radius 3 is 2.30 bits per heavy atom. The molecule has 0 aliphatic carbocycles. The highest BCUT2D eigenvalue weighted by Gasteiger charge is 2.15. The van der Waals surface area contributed by atoms with Crippen molar-refractivity contribution in [1.29, 1.82) is 0 Å². The second-order valence-corrected chi connectivity index (χ2v) is 7.50. The van der Waals surface area contributed by atoms with Crippen LogP contribution in [0.5, 0.6) is 0 Å². The van der Waals surface area contributed by atoms with Crippen LogP contribution >= 0.6 is 0 Å². The number of anilines is 2. The molecule has 0 fully saturated rings. The first kappa shape index (κ1) is 17.0. The van der Waals surface area contributed by atoms with Crippen LogP contribution in [0.1, 0.15) is 26.3 Å². The fraction of sp³-hybridized carbons (Fsp3) is 0.190. The molecular formula is C21H21N5O. The number of nitrogens with zero attached hydrogens (tertiary/aromatic N) is 3. The van der Waals surface area contributed by atoms with Gasteiger partial charge in [0.25, 0.3) is 5.56 Å². The molecule has 6 heteroatoms. The smallest absolute Gasteiger partial charge is 0.279 e. The van der Waals surface area contributed by atoms with Crippen LogP contribution < -0.4 is 10.9 Å². The molecular weight excluding hydrogens is 338 g/mol. The molecule has 2 aromatic heterocycles. The van der Waals surface area contributed by atoms with E-state index in [2.05, 4.69) is 41.4 Å². The lowest BCUT2D eigenvalue weighted by atomic mass is 9.87. The minimum absolute atomic E-state index is 0.0492. The zero-order valence-corrected chi connectivity index (χ0v) is 15.5. The summed E-state index contributed by atoms with van der Waals surface area (Å²) in [5.74, 6) is 1.30. The number of rotatable bonds is 3. The van der Waals surface area contributed by atoms with E-state index in [0.717, 1.165) is 11.1 Å². The summed E-state index contributed by atoms with van der Waals surface area (Å²) < 4.78 is 1.44. The van der Waals surface area contributed by atoms with Gasteiger partial charge >= 0.3 is 0 Å². The van der Waals surface area contributed by atoms with Gasteiger partial charge in [0.15, 0.2) is 5.82 Å². The van der Waals surface area contributed by atoms with Crippen LogP contribution in [0.25, 0.3) is 16.5 Å². The van der Waals surface area contributed by atoms with Crippen LogP contribution in [0.15, 0.2) is 65.6 Å². The standard InChI is InChI=1S/C21H21N5O/c1-21(2,3)14-8-10-15(11-9-14)26-20(27)17-7-5-4-6-16(17)19(25-26)23-18-12-13-22-24-18/h4-13H,1-3H3,(H2,22,23,24,25). The summed E-state index contributed by atoms with van der Waals surface area (Å²) >= 11 is 0. The molecule has 2 heterocycles. The van der Waals surface area contributed by atoms with E-state index >= 15 is 0 Å². The van der Waals surface area contributed by atoms with Gasteiger partial charge in [0.1, 0.15) is 5.82 Å². The number of hydrogen-bond donors (Lipinski definition) is 2. The largest absolute Gasteiger partial charge is 0.323 e. The van der Waals surface area contributed by atoms with Gasteiger partial charge in [-0.1, -0.05) is 51.1 Å². The van der Waals surface area contributed by atoms with Crippen molar-refractivity contribution in [1.82, 2.24) is 20.0 Å². The van der Waals surface area contributed by atoms with Crippen molar-refractivity contribution in [3.63, 3.8) is 0 Å². The van der Waals surface area contributed by atoms with Gasteiger partial charge in [-0.3, -0.25) is 9.89 Å². The minimum atomic E-state index is -0.149. The summed E-state index contributed by atoms with van der Waals surface area (Å²) in [4.78, 5) is 13.0. The number of benzene rings is 2. The Balaban J connectivity index is 1.88. The average Bonchev–Trinajstić information content (AvgIpc) is 3.17. The lowest BCUT2D eigenvalue weighted by Crippen LogP contribution is -2.23. The highest BCUT2D eigenvalue weighted by Crippen LogP contribution is 2.24. The number of hydrogen-bond acceptors (Lipinski definition) is 4. The molecule has 6 nitrogen and oxygen atoms in total. The summed E-state index contributed by atoms with van der Waals surface area (Å²) in [5.41, 5.74) is 1.83. The molecule has 0 radical (unpaired) electrons. The van der Waals surface area contributed by atoms with Crippen molar-refractivity contribution < 1.29 is 0 Å². The predicted octanol–water partition coefficient (Wildman–Crippen LogP) is 4.15. The molecule has 0 spiro atoms. The molecule has 0 unspecified atom stereocenters. The van der Waals surface area contributed by atoms with Gasteiger partial charge in [0, 0.05) is 11.5 Å². The second-order valence-electron chi connectivity index (χ2n) is 7.50. The maximum absolute atomic E-state index is 13.0. The van der Waals surface area contributed by atoms with E-state index in [1.807, 2.05) is 54.6 Å². The first-order valence-corrected chi connectivity index (χ1v) is 8.83. The van der Waals surface area contributed by atoms with Gasteiger partial charge in [-0.15, -0.1) is 5.10 Å². The van der Waals surface area contributed by atoms with Crippen LogP contribution in [0.3, 0.4) is 0 Å². The Kier molecular flexibility index (Phi) is 4.03. The van der Waals surface area contributed by atoms with E-state index < -0.39 is 0 Å². The number of fused-ring (bicyclic) bond motifs is 1. The van der Waals surface area contributed by atoms with E-state index in [1.54, 1.807) is 6.20 Å². The highest BCUT2D eigenvalue weighted by molar-refractivity contribution is 5.92. The van der Waals surface area contributed by atoms with Crippen molar-refractivity contribution in [2.75, 3.05) is 5.32 Å². The van der Waals surface area contributed by atoms with E-state index in [9.17, 15) is 4.79 Å². The fourth-order valence-corrected chi connectivity index (χ4v) is 3.01. The molecule has 27 heavy (non-hydrogen) atoms. The Morgan fingerprint density at radius 1 is 0.963 bits per heavy atom. The van der Waals surface area contributed by atoms with E-state index in [0.29, 0.717) is 17.0 Å². The van der Waals surface area contributed by atoms with E-state index in [1.165, 1.54) is 10.2 Å². The fourth-order valence-electron chi connectivity index (χ4n) is 3.01. The third kappa shape index (κ3) is 3.21. The molecule has 4 rings (SSSR count).